The summed E-state index contributed by atoms with van der Waals surface area (Å²) in [5.74, 6) is 0.625. The van der Waals surface area contributed by atoms with Gasteiger partial charge in [-0.3, -0.25) is 4.68 Å². The van der Waals surface area contributed by atoms with Gasteiger partial charge in [-0.05, 0) is 14.0 Å². The molecule has 0 aliphatic carbocycles. The summed E-state index contributed by atoms with van der Waals surface area (Å²) in [6, 6.07) is 0. The molecule has 0 unspecified atom stereocenters. The Labute approximate surface area is 93.2 Å². The lowest BCUT2D eigenvalue weighted by Crippen LogP contribution is -2.04. The molecule has 0 aliphatic rings. The lowest BCUT2D eigenvalue weighted by Gasteiger charge is -1.94. The molecule has 0 bridgehead atoms. The van der Waals surface area contributed by atoms with Gasteiger partial charge in [0.25, 0.3) is 0 Å². The zero-order chi connectivity index (χ0) is 11.4. The van der Waals surface area contributed by atoms with Crippen molar-refractivity contribution in [3.63, 3.8) is 0 Å². The summed E-state index contributed by atoms with van der Waals surface area (Å²) in [6.07, 6.45) is 5.23. The summed E-state index contributed by atoms with van der Waals surface area (Å²) in [4.78, 5) is 4.14. The van der Waals surface area contributed by atoms with Crippen LogP contribution in [0.25, 0.3) is 0 Å². The average Bonchev–Trinajstić information content (AvgIpc) is 2.89. The van der Waals surface area contributed by atoms with Gasteiger partial charge >= 0.3 is 6.08 Å². The summed E-state index contributed by atoms with van der Waals surface area (Å²) < 4.78 is 12.3. The third kappa shape index (κ3) is 2.40. The van der Waals surface area contributed by atoms with Crippen molar-refractivity contribution >= 4 is 0 Å². The number of aromatic nitrogens is 3. The largest absolute Gasteiger partial charge is 0.417 e. The summed E-state index contributed by atoms with van der Waals surface area (Å²) in [7, 11) is 1.85. The lowest BCUT2D eigenvalue weighted by atomic mass is 10.5. The maximum absolute atomic E-state index is 5.40. The van der Waals surface area contributed by atoms with E-state index in [4.69, 9.17) is 9.15 Å². The molecule has 0 amide bonds. The van der Waals surface area contributed by atoms with Crippen LogP contribution in [0.3, 0.4) is 0 Å². The zero-order valence-electron chi connectivity index (χ0n) is 9.30. The first kappa shape index (κ1) is 10.7. The van der Waals surface area contributed by atoms with Crippen molar-refractivity contribution in [3.8, 4) is 11.8 Å². The number of oxazole rings is 1. The second-order valence-electron chi connectivity index (χ2n) is 3.27. The highest BCUT2D eigenvalue weighted by Gasteiger charge is 2.07. The van der Waals surface area contributed by atoms with Gasteiger partial charge in [0.15, 0.2) is 5.75 Å². The number of hydrogen-bond acceptors (Lipinski definition) is 5. The van der Waals surface area contributed by atoms with E-state index in [0.717, 1.165) is 12.2 Å². The lowest BCUT2D eigenvalue weighted by molar-refractivity contribution is 0.330. The Morgan fingerprint density at radius 2 is 2.44 bits per heavy atom. The van der Waals surface area contributed by atoms with E-state index in [0.29, 0.717) is 12.3 Å². The van der Waals surface area contributed by atoms with Crippen molar-refractivity contribution in [1.29, 1.82) is 0 Å². The van der Waals surface area contributed by atoms with Gasteiger partial charge in [0, 0.05) is 13.1 Å². The topological polar surface area (TPSA) is 65.1 Å². The third-order valence-corrected chi connectivity index (χ3v) is 2.03. The molecule has 2 aromatic rings. The molecule has 0 fully saturated rings. The van der Waals surface area contributed by atoms with Crippen LogP contribution in [-0.2, 0) is 13.1 Å². The molecule has 0 spiro atoms. The molecule has 2 heterocycles. The molecular formula is C10H14N4O2. The van der Waals surface area contributed by atoms with Crippen LogP contribution in [0.15, 0.2) is 23.1 Å². The van der Waals surface area contributed by atoms with E-state index in [9.17, 15) is 0 Å². The highest BCUT2D eigenvalue weighted by molar-refractivity contribution is 5.16. The predicted octanol–water partition coefficient (Wildman–Crippen LogP) is 1.40. The van der Waals surface area contributed by atoms with Gasteiger partial charge in [-0.2, -0.15) is 10.1 Å². The van der Waals surface area contributed by atoms with E-state index < -0.39 is 0 Å². The molecule has 1 N–H and O–H groups in total. The summed E-state index contributed by atoms with van der Waals surface area (Å²) in [6.45, 7) is 3.47. The van der Waals surface area contributed by atoms with Crippen molar-refractivity contribution in [2.45, 2.75) is 20.0 Å². The van der Waals surface area contributed by atoms with Crippen LogP contribution in [0.5, 0.6) is 11.8 Å². The van der Waals surface area contributed by atoms with Crippen molar-refractivity contribution in [2.75, 3.05) is 7.05 Å². The Hall–Kier alpha value is -1.82. The molecule has 0 radical (unpaired) electrons. The van der Waals surface area contributed by atoms with Gasteiger partial charge in [-0.1, -0.05) is 0 Å². The first-order chi connectivity index (χ1) is 7.81. The van der Waals surface area contributed by atoms with Gasteiger partial charge in [0.05, 0.1) is 18.1 Å². The van der Waals surface area contributed by atoms with Gasteiger partial charge < -0.3 is 14.5 Å². The standard InChI is InChI=1S/C10H14N4O2/c1-3-14-6-9(5-12-14)16-10-13-8(4-11-2)7-15-10/h5-7,11H,3-4H2,1-2H3. The fourth-order valence-electron chi connectivity index (χ4n) is 1.27. The summed E-state index contributed by atoms with van der Waals surface area (Å²) >= 11 is 0. The Morgan fingerprint density at radius 3 is 3.12 bits per heavy atom. The number of ether oxygens (including phenoxy) is 1. The Bertz CT molecular complexity index is 449. The maximum atomic E-state index is 5.40. The number of nitrogens with one attached hydrogen (secondary N) is 1. The average molecular weight is 222 g/mol. The zero-order valence-corrected chi connectivity index (χ0v) is 9.30. The van der Waals surface area contributed by atoms with Crippen LogP contribution in [0.4, 0.5) is 0 Å². The van der Waals surface area contributed by atoms with Gasteiger partial charge in [-0.15, -0.1) is 0 Å². The van der Waals surface area contributed by atoms with Crippen LogP contribution in [0, 0.1) is 0 Å². The maximum Gasteiger partial charge on any atom is 0.399 e. The molecule has 16 heavy (non-hydrogen) atoms. The molecular weight excluding hydrogens is 208 g/mol. The Kier molecular flexibility index (Phi) is 3.21. The SMILES string of the molecule is CCn1cc(Oc2nc(CNC)co2)cn1. The fourth-order valence-corrected chi connectivity index (χ4v) is 1.27. The molecule has 0 saturated carbocycles. The minimum Gasteiger partial charge on any atom is -0.417 e. The fraction of sp³-hybridized carbons (Fsp3) is 0.400. The van der Waals surface area contributed by atoms with Crippen molar-refractivity contribution in [2.24, 2.45) is 0 Å². The smallest absolute Gasteiger partial charge is 0.399 e. The second kappa shape index (κ2) is 4.80. The van der Waals surface area contributed by atoms with Crippen LogP contribution in [-0.4, -0.2) is 21.8 Å². The number of hydrogen-bond donors (Lipinski definition) is 1. The second-order valence-corrected chi connectivity index (χ2v) is 3.27. The molecule has 0 aromatic carbocycles. The van der Waals surface area contributed by atoms with E-state index in [2.05, 4.69) is 15.4 Å². The van der Waals surface area contributed by atoms with Gasteiger partial charge in [0.2, 0.25) is 0 Å². The summed E-state index contributed by atoms with van der Waals surface area (Å²) in [5, 5.41) is 7.06. The van der Waals surface area contributed by atoms with Crippen molar-refractivity contribution in [3.05, 3.63) is 24.4 Å². The van der Waals surface area contributed by atoms with E-state index >= 15 is 0 Å². The predicted molar refractivity (Wildman–Crippen MR) is 57.2 cm³/mol. The minimum absolute atomic E-state index is 0.237. The van der Waals surface area contributed by atoms with Crippen molar-refractivity contribution < 1.29 is 9.15 Å². The van der Waals surface area contributed by atoms with E-state index in [1.165, 1.54) is 0 Å². The van der Waals surface area contributed by atoms with Crippen LogP contribution in [0.2, 0.25) is 0 Å². The highest BCUT2D eigenvalue weighted by atomic mass is 16.6. The third-order valence-electron chi connectivity index (χ3n) is 2.03. The number of aryl methyl sites for hydroxylation is 1. The molecule has 0 aliphatic heterocycles. The molecule has 6 nitrogen and oxygen atoms in total. The molecule has 6 heteroatoms. The van der Waals surface area contributed by atoms with Gasteiger partial charge in [-0.25, -0.2) is 0 Å². The van der Waals surface area contributed by atoms with Crippen LogP contribution >= 0.6 is 0 Å². The molecule has 2 rings (SSSR count). The van der Waals surface area contributed by atoms with Crippen LogP contribution < -0.4 is 10.1 Å². The van der Waals surface area contributed by atoms with Gasteiger partial charge in [0.1, 0.15) is 6.26 Å². The number of rotatable bonds is 5. The molecule has 0 atom stereocenters. The first-order valence-corrected chi connectivity index (χ1v) is 5.11. The highest BCUT2D eigenvalue weighted by Crippen LogP contribution is 2.19. The Balaban J connectivity index is 2.02. The molecule has 86 valence electrons. The first-order valence-electron chi connectivity index (χ1n) is 5.11. The quantitative estimate of drug-likeness (QED) is 0.828. The van der Waals surface area contributed by atoms with Crippen LogP contribution in [0.1, 0.15) is 12.6 Å². The van der Waals surface area contributed by atoms with E-state index in [1.54, 1.807) is 23.3 Å². The molecule has 0 saturated heterocycles. The summed E-state index contributed by atoms with van der Waals surface area (Å²) in [5.41, 5.74) is 0.806. The monoisotopic (exact) mass is 222 g/mol. The molecule has 2 aromatic heterocycles. The van der Waals surface area contributed by atoms with Crippen molar-refractivity contribution in [1.82, 2.24) is 20.1 Å². The van der Waals surface area contributed by atoms with E-state index in [-0.39, 0.29) is 6.08 Å². The Morgan fingerprint density at radius 1 is 1.56 bits per heavy atom. The normalized spacial score (nSPS) is 10.6. The minimum atomic E-state index is 0.237. The number of nitrogens with zero attached hydrogens (tertiary/aromatic N) is 3. The van der Waals surface area contributed by atoms with E-state index in [1.807, 2.05) is 14.0 Å².